The van der Waals surface area contributed by atoms with E-state index in [9.17, 15) is 0 Å². The predicted octanol–water partition coefficient (Wildman–Crippen LogP) is 5.75. The van der Waals surface area contributed by atoms with Crippen LogP contribution in [-0.2, 0) is 0 Å². The van der Waals surface area contributed by atoms with Gasteiger partial charge in [0.05, 0.1) is 22.1 Å². The Balaban J connectivity index is 0.00000112. The Morgan fingerprint density at radius 3 is 2.55 bits per heavy atom. The number of anilines is 1. The first-order valence-electron chi connectivity index (χ1n) is 11.2. The van der Waals surface area contributed by atoms with Crippen LogP contribution in [0, 0.1) is 0 Å². The Bertz CT molecular complexity index is 1070. The maximum absolute atomic E-state index is 7.00. The van der Waals surface area contributed by atoms with Crippen LogP contribution in [-0.4, -0.2) is 31.8 Å². The van der Waals surface area contributed by atoms with Crippen LogP contribution in [0.4, 0.5) is 5.82 Å². The number of fused-ring (bicyclic) bond motifs is 1. The Morgan fingerprint density at radius 2 is 1.87 bits per heavy atom. The molecule has 0 unspecified atom stereocenters. The quantitative estimate of drug-likeness (QED) is 0.494. The van der Waals surface area contributed by atoms with Crippen molar-refractivity contribution in [3.63, 3.8) is 0 Å². The average Bonchev–Trinajstić information content (AvgIpc) is 3.28. The number of aliphatic hydroxyl groups excluding tert-OH is 1. The smallest absolute Gasteiger partial charge is 0.165 e. The van der Waals surface area contributed by atoms with Crippen molar-refractivity contribution in [2.75, 3.05) is 12.8 Å². The van der Waals surface area contributed by atoms with Crippen molar-refractivity contribution in [2.45, 2.75) is 63.7 Å². The van der Waals surface area contributed by atoms with Crippen LogP contribution in [0.3, 0.4) is 0 Å². The van der Waals surface area contributed by atoms with Crippen LogP contribution in [0.5, 0.6) is 0 Å². The zero-order valence-electron chi connectivity index (χ0n) is 18.0. The molecule has 6 nitrogen and oxygen atoms in total. The molecular weight excluding hydrogens is 454 g/mol. The number of nitrogens with two attached hydrogens (primary N) is 1. The van der Waals surface area contributed by atoms with E-state index in [0.717, 1.165) is 52.6 Å². The lowest BCUT2D eigenvalue weighted by Gasteiger charge is -2.22. The molecule has 0 spiro atoms. The molecule has 0 aliphatic heterocycles. The summed E-state index contributed by atoms with van der Waals surface area (Å²) in [6.07, 6.45) is 17.2. The van der Waals surface area contributed by atoms with Crippen molar-refractivity contribution >= 4 is 33.0 Å². The van der Waals surface area contributed by atoms with Crippen molar-refractivity contribution in [3.05, 3.63) is 46.5 Å². The first-order valence-corrected chi connectivity index (χ1v) is 11.9. The lowest BCUT2D eigenvalue weighted by molar-refractivity contribution is 0.399. The van der Waals surface area contributed by atoms with Gasteiger partial charge < -0.3 is 10.8 Å². The molecule has 3 heterocycles. The lowest BCUT2D eigenvalue weighted by Crippen LogP contribution is -2.11. The number of hydrogen-bond donors (Lipinski definition) is 2. The molecule has 0 saturated heterocycles. The van der Waals surface area contributed by atoms with E-state index in [4.69, 9.17) is 20.8 Å². The normalized spacial score (nSPS) is 17.2. The van der Waals surface area contributed by atoms with E-state index in [1.165, 1.54) is 50.5 Å². The van der Waals surface area contributed by atoms with Crippen molar-refractivity contribution < 1.29 is 5.11 Å². The van der Waals surface area contributed by atoms with Crippen LogP contribution in [0.15, 0.2) is 35.1 Å². The zero-order chi connectivity index (χ0) is 21.8. The molecule has 1 fully saturated rings. The molecule has 1 saturated carbocycles. The van der Waals surface area contributed by atoms with Gasteiger partial charge in [0.2, 0.25) is 0 Å². The third-order valence-electron chi connectivity index (χ3n) is 6.33. The summed E-state index contributed by atoms with van der Waals surface area (Å²) in [5.74, 6) is 1.09. The summed E-state index contributed by atoms with van der Waals surface area (Å²) in [7, 11) is 1.00. The first kappa shape index (κ1) is 22.0. The monoisotopic (exact) mass is 483 g/mol. The predicted molar refractivity (Wildman–Crippen MR) is 129 cm³/mol. The van der Waals surface area contributed by atoms with Crippen molar-refractivity contribution in [1.82, 2.24) is 19.6 Å². The molecule has 2 aliphatic rings. The maximum Gasteiger partial charge on any atom is 0.165 e. The minimum absolute atomic E-state index is 0.465. The number of halogens is 1. The van der Waals surface area contributed by atoms with Gasteiger partial charge in [0.25, 0.3) is 0 Å². The fourth-order valence-corrected chi connectivity index (χ4v) is 5.26. The molecule has 5 rings (SSSR count). The Labute approximate surface area is 191 Å². The lowest BCUT2D eigenvalue weighted by atomic mass is 9.87. The largest absolute Gasteiger partial charge is 0.400 e. The minimum atomic E-state index is 0.465. The molecule has 3 N–H and O–H groups in total. The SMILES string of the molecule is CO.Nc1c(Br)c(C2CCCCC2)nc2c(-c3ccc(C4=CCCCC4)nc3)cnn12. The number of pyridine rings is 1. The maximum atomic E-state index is 7.00. The van der Waals surface area contributed by atoms with Gasteiger partial charge >= 0.3 is 0 Å². The van der Waals surface area contributed by atoms with E-state index in [1.54, 1.807) is 4.52 Å². The van der Waals surface area contributed by atoms with E-state index < -0.39 is 0 Å². The summed E-state index contributed by atoms with van der Waals surface area (Å²) in [6, 6.07) is 4.26. The average molecular weight is 484 g/mol. The van der Waals surface area contributed by atoms with Gasteiger partial charge in [-0.05, 0) is 66.1 Å². The number of allylic oxidation sites excluding steroid dienone is 2. The van der Waals surface area contributed by atoms with Crippen LogP contribution >= 0.6 is 15.9 Å². The summed E-state index contributed by atoms with van der Waals surface area (Å²) in [4.78, 5) is 9.79. The van der Waals surface area contributed by atoms with Gasteiger partial charge in [-0.2, -0.15) is 9.61 Å². The van der Waals surface area contributed by atoms with Crippen molar-refractivity contribution in [1.29, 1.82) is 0 Å². The molecule has 0 atom stereocenters. The highest BCUT2D eigenvalue weighted by atomic mass is 79.9. The highest BCUT2D eigenvalue weighted by Gasteiger charge is 2.24. The van der Waals surface area contributed by atoms with Crippen LogP contribution in [0.1, 0.15) is 75.1 Å². The summed E-state index contributed by atoms with van der Waals surface area (Å²) in [5.41, 5.74) is 12.8. The number of aromatic nitrogens is 4. The molecule has 164 valence electrons. The molecule has 0 bridgehead atoms. The van der Waals surface area contributed by atoms with Gasteiger partial charge in [0.1, 0.15) is 5.82 Å². The second-order valence-electron chi connectivity index (χ2n) is 8.23. The van der Waals surface area contributed by atoms with Crippen LogP contribution < -0.4 is 5.73 Å². The number of nitrogen functional groups attached to an aromatic ring is 1. The second kappa shape index (κ2) is 9.92. The molecule has 0 radical (unpaired) electrons. The Kier molecular flexibility index (Phi) is 7.02. The van der Waals surface area contributed by atoms with E-state index in [-0.39, 0.29) is 0 Å². The van der Waals surface area contributed by atoms with Gasteiger partial charge in [0, 0.05) is 30.4 Å². The topological polar surface area (TPSA) is 89.3 Å². The fourth-order valence-electron chi connectivity index (χ4n) is 4.68. The third kappa shape index (κ3) is 4.39. The molecule has 0 amide bonds. The van der Waals surface area contributed by atoms with Gasteiger partial charge in [-0.3, -0.25) is 4.98 Å². The Hall–Kier alpha value is -2.25. The van der Waals surface area contributed by atoms with Gasteiger partial charge in [-0.1, -0.05) is 31.4 Å². The summed E-state index contributed by atoms with van der Waals surface area (Å²) in [6.45, 7) is 0. The molecule has 2 aliphatic carbocycles. The molecular formula is C24H30BrN5O. The zero-order valence-corrected chi connectivity index (χ0v) is 19.6. The summed E-state index contributed by atoms with van der Waals surface area (Å²) in [5, 5.41) is 11.5. The number of aliphatic hydroxyl groups is 1. The molecule has 31 heavy (non-hydrogen) atoms. The number of rotatable bonds is 3. The van der Waals surface area contributed by atoms with E-state index in [2.05, 4.69) is 39.2 Å². The molecule has 3 aromatic rings. The van der Waals surface area contributed by atoms with Crippen molar-refractivity contribution in [2.24, 2.45) is 0 Å². The van der Waals surface area contributed by atoms with Gasteiger partial charge in [0.15, 0.2) is 5.65 Å². The van der Waals surface area contributed by atoms with Crippen LogP contribution in [0.2, 0.25) is 0 Å². The molecule has 0 aromatic carbocycles. The second-order valence-corrected chi connectivity index (χ2v) is 9.03. The number of hydrogen-bond acceptors (Lipinski definition) is 5. The standard InChI is InChI=1S/C23H26BrN5.CH4O/c24-20-21(16-9-5-2-6-10-16)28-23-18(14-27-29(23)22(20)25)17-11-12-19(26-13-17)15-7-3-1-4-8-15;1-2/h7,11-14,16H,1-6,8-10,25H2;2H,1H3. The van der Waals surface area contributed by atoms with E-state index in [1.807, 2.05) is 12.4 Å². The van der Waals surface area contributed by atoms with Crippen LogP contribution in [0.25, 0.3) is 22.3 Å². The molecule has 7 heteroatoms. The van der Waals surface area contributed by atoms with Gasteiger partial charge in [-0.15, -0.1) is 0 Å². The minimum Gasteiger partial charge on any atom is -0.400 e. The Morgan fingerprint density at radius 1 is 1.06 bits per heavy atom. The van der Waals surface area contributed by atoms with Crippen molar-refractivity contribution in [3.8, 4) is 11.1 Å². The van der Waals surface area contributed by atoms with E-state index in [0.29, 0.717) is 11.7 Å². The highest BCUT2D eigenvalue weighted by molar-refractivity contribution is 9.10. The highest BCUT2D eigenvalue weighted by Crippen LogP contribution is 2.39. The number of nitrogens with zero attached hydrogens (tertiary/aromatic N) is 4. The first-order chi connectivity index (χ1) is 15.2. The summed E-state index contributed by atoms with van der Waals surface area (Å²) < 4.78 is 2.63. The fraction of sp³-hybridized carbons (Fsp3) is 0.458. The summed E-state index contributed by atoms with van der Waals surface area (Å²) >= 11 is 3.69. The molecule has 3 aromatic heterocycles. The van der Waals surface area contributed by atoms with Gasteiger partial charge in [-0.25, -0.2) is 4.98 Å². The van der Waals surface area contributed by atoms with E-state index >= 15 is 0 Å². The third-order valence-corrected chi connectivity index (χ3v) is 7.15.